The van der Waals surface area contributed by atoms with Crippen LogP contribution in [0, 0.1) is 0 Å². The number of aromatic hydroxyl groups is 2. The molecule has 4 heteroatoms. The van der Waals surface area contributed by atoms with E-state index in [2.05, 4.69) is 0 Å². The van der Waals surface area contributed by atoms with Gasteiger partial charge in [0.1, 0.15) is 18.6 Å². The number of hydrogen-bond donors (Lipinski definition) is 2. The summed E-state index contributed by atoms with van der Waals surface area (Å²) in [5, 5.41) is 20.5. The Morgan fingerprint density at radius 2 is 1.19 bits per heavy atom. The van der Waals surface area contributed by atoms with Gasteiger partial charge in [0, 0.05) is 12.3 Å². The second-order valence-corrected chi connectivity index (χ2v) is 9.64. The van der Waals surface area contributed by atoms with Gasteiger partial charge in [0.05, 0.1) is 5.30 Å². The Balaban J connectivity index is 1.87. The molecule has 0 bridgehead atoms. The van der Waals surface area contributed by atoms with Crippen LogP contribution in [0.5, 0.6) is 11.5 Å². The molecule has 0 radical (unpaired) electrons. The van der Waals surface area contributed by atoms with Crippen LogP contribution in [0.4, 0.5) is 0 Å². The number of phenolic OH excluding ortho intramolecular Hbond substituents is 2. The maximum atomic E-state index is 13.9. The van der Waals surface area contributed by atoms with Gasteiger partial charge in [-0.05, 0) is 42.2 Å². The number of phenols is 2. The first kappa shape index (κ1) is 18.3. The molecule has 0 unspecified atom stereocenters. The van der Waals surface area contributed by atoms with Crippen molar-refractivity contribution in [3.63, 3.8) is 0 Å². The highest BCUT2D eigenvalue weighted by Gasteiger charge is 2.28. The molecule has 0 aliphatic rings. The zero-order valence-corrected chi connectivity index (χ0v) is 15.5. The Morgan fingerprint density at radius 1 is 0.692 bits per heavy atom. The second-order valence-electron chi connectivity index (χ2n) is 6.48. The maximum Gasteiger partial charge on any atom is 0.126 e. The number of benzene rings is 3. The lowest BCUT2D eigenvalue weighted by Gasteiger charge is -2.20. The Kier molecular flexibility index (Phi) is 5.80. The first-order valence-corrected chi connectivity index (χ1v) is 10.8. The summed E-state index contributed by atoms with van der Waals surface area (Å²) >= 11 is 0. The number of hydrogen-bond acceptors (Lipinski definition) is 3. The van der Waals surface area contributed by atoms with Crippen molar-refractivity contribution >= 4 is 12.4 Å². The molecule has 3 nitrogen and oxygen atoms in total. The first-order valence-electron chi connectivity index (χ1n) is 8.75. The largest absolute Gasteiger partial charge is 0.508 e. The predicted octanol–water partition coefficient (Wildman–Crippen LogP) is 4.57. The van der Waals surface area contributed by atoms with Crippen LogP contribution >= 0.6 is 7.14 Å². The van der Waals surface area contributed by atoms with E-state index in [1.165, 1.54) is 18.2 Å². The molecule has 0 saturated carbocycles. The molecule has 0 saturated heterocycles. The van der Waals surface area contributed by atoms with Crippen molar-refractivity contribution < 1.29 is 14.8 Å². The van der Waals surface area contributed by atoms with Gasteiger partial charge in [0.2, 0.25) is 0 Å². The van der Waals surface area contributed by atoms with E-state index in [0.717, 1.165) is 11.1 Å². The van der Waals surface area contributed by atoms with Crippen molar-refractivity contribution in [1.29, 1.82) is 0 Å². The minimum atomic E-state index is -2.88. The van der Waals surface area contributed by atoms with Gasteiger partial charge in [-0.1, -0.05) is 60.7 Å². The summed E-state index contributed by atoms with van der Waals surface area (Å²) in [6.07, 6.45) is 2.26. The molecular formula is C22H23O3P. The van der Waals surface area contributed by atoms with Gasteiger partial charge in [-0.2, -0.15) is 0 Å². The summed E-state index contributed by atoms with van der Waals surface area (Å²) in [7, 11) is -2.88. The molecule has 0 aliphatic heterocycles. The molecule has 3 rings (SSSR count). The van der Waals surface area contributed by atoms with Crippen LogP contribution < -0.4 is 5.30 Å². The van der Waals surface area contributed by atoms with E-state index in [1.54, 1.807) is 0 Å². The maximum absolute atomic E-state index is 13.9. The monoisotopic (exact) mass is 366 g/mol. The fourth-order valence-electron chi connectivity index (χ4n) is 3.10. The third kappa shape index (κ3) is 4.56. The highest BCUT2D eigenvalue weighted by molar-refractivity contribution is 7.71. The lowest BCUT2D eigenvalue weighted by Crippen LogP contribution is -2.14. The fourth-order valence-corrected chi connectivity index (χ4v) is 5.90. The quantitative estimate of drug-likeness (QED) is 0.476. The smallest absolute Gasteiger partial charge is 0.126 e. The van der Waals surface area contributed by atoms with Gasteiger partial charge in [-0.25, -0.2) is 0 Å². The van der Waals surface area contributed by atoms with Crippen molar-refractivity contribution in [3.8, 4) is 11.5 Å². The number of aryl methyl sites for hydroxylation is 2. The van der Waals surface area contributed by atoms with Crippen molar-refractivity contribution in [2.45, 2.75) is 12.8 Å². The van der Waals surface area contributed by atoms with Crippen molar-refractivity contribution in [1.82, 2.24) is 0 Å². The fraction of sp³-hybridized carbons (Fsp3) is 0.182. The Hall–Kier alpha value is -2.51. The minimum absolute atomic E-state index is 0.00717. The molecule has 3 aromatic rings. The zero-order valence-electron chi connectivity index (χ0n) is 14.6. The van der Waals surface area contributed by atoms with Gasteiger partial charge in [-0.15, -0.1) is 0 Å². The van der Waals surface area contributed by atoms with E-state index in [-0.39, 0.29) is 11.5 Å². The molecule has 134 valence electrons. The Morgan fingerprint density at radius 3 is 1.69 bits per heavy atom. The third-order valence-electron chi connectivity index (χ3n) is 4.61. The summed E-state index contributed by atoms with van der Waals surface area (Å²) in [6, 6.07) is 24.1. The molecule has 0 aliphatic carbocycles. The van der Waals surface area contributed by atoms with Crippen LogP contribution in [0.25, 0.3) is 0 Å². The van der Waals surface area contributed by atoms with Crippen molar-refractivity contribution in [2.75, 3.05) is 12.3 Å². The molecular weight excluding hydrogens is 343 g/mol. The molecule has 0 amide bonds. The number of rotatable bonds is 7. The van der Waals surface area contributed by atoms with E-state index in [4.69, 9.17) is 0 Å². The van der Waals surface area contributed by atoms with Gasteiger partial charge < -0.3 is 14.8 Å². The third-order valence-corrected chi connectivity index (χ3v) is 7.74. The van der Waals surface area contributed by atoms with E-state index >= 15 is 0 Å². The Labute approximate surface area is 154 Å². The standard InChI is InChI=1S/C22H23O3P/c23-20-11-12-21(24)22(17-20)26(25,15-13-18-7-3-1-4-8-18)16-14-19-9-5-2-6-10-19/h1-12,17,23-24H,13-16H2. The van der Waals surface area contributed by atoms with Crippen LogP contribution in [0.1, 0.15) is 11.1 Å². The van der Waals surface area contributed by atoms with E-state index in [1.807, 2.05) is 60.7 Å². The summed E-state index contributed by atoms with van der Waals surface area (Å²) < 4.78 is 13.9. The summed E-state index contributed by atoms with van der Waals surface area (Å²) in [6.45, 7) is 0. The average Bonchev–Trinajstić information content (AvgIpc) is 2.68. The topological polar surface area (TPSA) is 57.5 Å². The van der Waals surface area contributed by atoms with Gasteiger partial charge >= 0.3 is 0 Å². The van der Waals surface area contributed by atoms with E-state index in [0.29, 0.717) is 30.5 Å². The molecule has 26 heavy (non-hydrogen) atoms. The second kappa shape index (κ2) is 8.25. The summed E-state index contributed by atoms with van der Waals surface area (Å²) in [4.78, 5) is 0. The molecule has 0 aromatic heterocycles. The highest BCUT2D eigenvalue weighted by atomic mass is 31.2. The normalized spacial score (nSPS) is 11.4. The van der Waals surface area contributed by atoms with Gasteiger partial charge in [-0.3, -0.25) is 0 Å². The lowest BCUT2D eigenvalue weighted by molar-refractivity contribution is 0.463. The molecule has 0 heterocycles. The Bertz CT molecular complexity index is 844. The van der Waals surface area contributed by atoms with Crippen LogP contribution in [0.15, 0.2) is 78.9 Å². The SMILES string of the molecule is O=P(CCc1ccccc1)(CCc1ccccc1)c1cc(O)ccc1O. The summed E-state index contributed by atoms with van der Waals surface area (Å²) in [5.41, 5.74) is 2.24. The highest BCUT2D eigenvalue weighted by Crippen LogP contribution is 2.48. The first-order chi connectivity index (χ1) is 12.6. The molecule has 0 atom stereocenters. The van der Waals surface area contributed by atoms with E-state index in [9.17, 15) is 14.8 Å². The molecule has 0 spiro atoms. The van der Waals surface area contributed by atoms with Crippen molar-refractivity contribution in [3.05, 3.63) is 90.0 Å². The van der Waals surface area contributed by atoms with Crippen molar-refractivity contribution in [2.24, 2.45) is 0 Å². The van der Waals surface area contributed by atoms with Crippen LogP contribution in [0.2, 0.25) is 0 Å². The van der Waals surface area contributed by atoms with E-state index < -0.39 is 7.14 Å². The van der Waals surface area contributed by atoms with Gasteiger partial charge in [0.15, 0.2) is 0 Å². The van der Waals surface area contributed by atoms with Gasteiger partial charge in [0.25, 0.3) is 0 Å². The molecule has 2 N–H and O–H groups in total. The summed E-state index contributed by atoms with van der Waals surface area (Å²) in [5.74, 6) is 0.0182. The lowest BCUT2D eigenvalue weighted by atomic mass is 10.2. The zero-order chi connectivity index (χ0) is 18.4. The van der Waals surface area contributed by atoms with Crippen LogP contribution in [0.3, 0.4) is 0 Å². The average molecular weight is 366 g/mol. The predicted molar refractivity (Wildman–Crippen MR) is 107 cm³/mol. The van der Waals surface area contributed by atoms with Crippen LogP contribution in [-0.4, -0.2) is 22.5 Å². The molecule has 3 aromatic carbocycles. The van der Waals surface area contributed by atoms with Crippen LogP contribution in [-0.2, 0) is 17.4 Å². The molecule has 0 fully saturated rings. The minimum Gasteiger partial charge on any atom is -0.508 e.